The first-order chi connectivity index (χ1) is 10.3. The molecule has 0 bridgehead atoms. The van der Waals surface area contributed by atoms with Gasteiger partial charge in [-0.1, -0.05) is 32.6 Å². The molecule has 0 radical (unpaired) electrons. The third kappa shape index (κ3) is 5.33. The van der Waals surface area contributed by atoms with Gasteiger partial charge in [0.25, 0.3) is 0 Å². The smallest absolute Gasteiger partial charge is 0.307 e. The number of aliphatic imine (C=N–C) groups is 1. The van der Waals surface area contributed by atoms with Crippen LogP contribution in [-0.4, -0.2) is 36.0 Å². The fourth-order valence-electron chi connectivity index (χ4n) is 3.17. The van der Waals surface area contributed by atoms with Crippen LogP contribution < -0.4 is 0 Å². The van der Waals surface area contributed by atoms with Gasteiger partial charge in [-0.05, 0) is 25.7 Å². The van der Waals surface area contributed by atoms with E-state index in [0.717, 1.165) is 51.6 Å². The predicted octanol–water partition coefficient (Wildman–Crippen LogP) is 3.89. The highest BCUT2D eigenvalue weighted by molar-refractivity contribution is 5.83. The Kier molecular flexibility index (Phi) is 7.04. The average Bonchev–Trinajstić information content (AvgIpc) is 2.70. The van der Waals surface area contributed by atoms with Crippen molar-refractivity contribution in [1.82, 2.24) is 4.90 Å². The summed E-state index contributed by atoms with van der Waals surface area (Å²) >= 11 is 0. The summed E-state index contributed by atoms with van der Waals surface area (Å²) in [7, 11) is 0. The highest BCUT2D eigenvalue weighted by Gasteiger charge is 2.28. The molecule has 1 saturated heterocycles. The van der Waals surface area contributed by atoms with Crippen molar-refractivity contribution in [2.24, 2.45) is 4.99 Å². The van der Waals surface area contributed by atoms with Crippen LogP contribution in [0.2, 0.25) is 0 Å². The van der Waals surface area contributed by atoms with E-state index < -0.39 is 0 Å². The van der Waals surface area contributed by atoms with Gasteiger partial charge in [0.05, 0.1) is 0 Å². The Morgan fingerprint density at radius 1 is 1.24 bits per heavy atom. The first kappa shape index (κ1) is 16.3. The van der Waals surface area contributed by atoms with E-state index in [0.29, 0.717) is 6.42 Å². The van der Waals surface area contributed by atoms with Crippen LogP contribution in [-0.2, 0) is 9.53 Å². The van der Waals surface area contributed by atoms with Gasteiger partial charge in [0.2, 0.25) is 0 Å². The highest BCUT2D eigenvalue weighted by Crippen LogP contribution is 2.23. The van der Waals surface area contributed by atoms with Crippen molar-refractivity contribution in [3.05, 3.63) is 0 Å². The van der Waals surface area contributed by atoms with E-state index in [1.165, 1.54) is 31.5 Å². The fourth-order valence-corrected chi connectivity index (χ4v) is 3.17. The monoisotopic (exact) mass is 294 g/mol. The summed E-state index contributed by atoms with van der Waals surface area (Å²) in [5.74, 6) is 1.14. The molecule has 120 valence electrons. The second-order valence-corrected chi connectivity index (χ2v) is 6.20. The van der Waals surface area contributed by atoms with Crippen LogP contribution in [0, 0.1) is 0 Å². The van der Waals surface area contributed by atoms with Gasteiger partial charge in [-0.15, -0.1) is 0 Å². The molecule has 0 aromatic rings. The lowest BCUT2D eigenvalue weighted by atomic mass is 10.1. The van der Waals surface area contributed by atoms with Crippen LogP contribution >= 0.6 is 0 Å². The molecule has 1 unspecified atom stereocenters. The molecule has 1 fully saturated rings. The van der Waals surface area contributed by atoms with Crippen LogP contribution in [0.1, 0.15) is 77.6 Å². The van der Waals surface area contributed by atoms with Crippen molar-refractivity contribution >= 4 is 11.8 Å². The predicted molar refractivity (Wildman–Crippen MR) is 85.3 cm³/mol. The van der Waals surface area contributed by atoms with Gasteiger partial charge < -0.3 is 9.64 Å². The van der Waals surface area contributed by atoms with E-state index in [2.05, 4.69) is 16.8 Å². The molecule has 1 atom stereocenters. The Labute approximate surface area is 128 Å². The Morgan fingerprint density at radius 3 is 2.95 bits per heavy atom. The molecule has 21 heavy (non-hydrogen) atoms. The average molecular weight is 294 g/mol. The molecule has 4 heteroatoms. The summed E-state index contributed by atoms with van der Waals surface area (Å²) in [4.78, 5) is 18.9. The number of hydrogen-bond donors (Lipinski definition) is 0. The molecule has 0 N–H and O–H groups in total. The molecule has 0 saturated carbocycles. The highest BCUT2D eigenvalue weighted by atomic mass is 16.6. The Morgan fingerprint density at radius 2 is 2.10 bits per heavy atom. The van der Waals surface area contributed by atoms with E-state index in [4.69, 9.17) is 4.74 Å². The van der Waals surface area contributed by atoms with Gasteiger partial charge in [0.1, 0.15) is 5.84 Å². The van der Waals surface area contributed by atoms with E-state index >= 15 is 0 Å². The number of nitrogens with zero attached hydrogens (tertiary/aromatic N) is 2. The third-order valence-corrected chi connectivity index (χ3v) is 4.38. The molecule has 4 nitrogen and oxygen atoms in total. The number of ether oxygens (including phenoxy) is 1. The first-order valence-corrected chi connectivity index (χ1v) is 8.80. The van der Waals surface area contributed by atoms with Gasteiger partial charge in [-0.3, -0.25) is 9.79 Å². The molecule has 2 aliphatic rings. The zero-order valence-corrected chi connectivity index (χ0v) is 13.5. The maximum Gasteiger partial charge on any atom is 0.307 e. The van der Waals surface area contributed by atoms with Gasteiger partial charge in [0.15, 0.2) is 6.23 Å². The molecule has 2 heterocycles. The molecular formula is C17H30N2O2. The zero-order valence-electron chi connectivity index (χ0n) is 13.5. The van der Waals surface area contributed by atoms with Crippen molar-refractivity contribution in [3.63, 3.8) is 0 Å². The lowest BCUT2D eigenvalue weighted by molar-refractivity contribution is -0.156. The number of fused-ring (bicyclic) bond motifs is 1. The van der Waals surface area contributed by atoms with Crippen molar-refractivity contribution in [2.75, 3.05) is 13.1 Å². The summed E-state index contributed by atoms with van der Waals surface area (Å²) < 4.78 is 5.75. The molecular weight excluding hydrogens is 264 g/mol. The van der Waals surface area contributed by atoms with Crippen LogP contribution in [0.25, 0.3) is 0 Å². The summed E-state index contributed by atoms with van der Waals surface area (Å²) in [5.41, 5.74) is 0. The maximum atomic E-state index is 12.0. The molecule has 0 aromatic heterocycles. The van der Waals surface area contributed by atoms with Gasteiger partial charge in [0, 0.05) is 32.4 Å². The van der Waals surface area contributed by atoms with Crippen LogP contribution in [0.15, 0.2) is 4.99 Å². The number of carbonyl (C=O) groups excluding carboxylic acids is 1. The summed E-state index contributed by atoms with van der Waals surface area (Å²) in [6.07, 6.45) is 11.7. The number of amidine groups is 1. The second-order valence-electron chi connectivity index (χ2n) is 6.20. The Bertz CT molecular complexity index is 355. The Balaban J connectivity index is 1.76. The second kappa shape index (κ2) is 9.06. The third-order valence-electron chi connectivity index (χ3n) is 4.38. The fraction of sp³-hybridized carbons (Fsp3) is 0.882. The van der Waals surface area contributed by atoms with E-state index in [9.17, 15) is 4.79 Å². The Hall–Kier alpha value is -1.06. The van der Waals surface area contributed by atoms with Gasteiger partial charge >= 0.3 is 5.97 Å². The van der Waals surface area contributed by atoms with Crippen molar-refractivity contribution in [1.29, 1.82) is 0 Å². The molecule has 0 aliphatic carbocycles. The van der Waals surface area contributed by atoms with E-state index in [-0.39, 0.29) is 12.2 Å². The molecule has 0 aromatic carbocycles. The largest absolute Gasteiger partial charge is 0.442 e. The molecule has 2 aliphatic heterocycles. The minimum atomic E-state index is -0.0605. The van der Waals surface area contributed by atoms with Crippen molar-refractivity contribution < 1.29 is 9.53 Å². The normalized spacial score (nSPS) is 22.2. The zero-order chi connectivity index (χ0) is 14.9. The number of rotatable bonds is 7. The minimum absolute atomic E-state index is 0.0247. The number of esters is 1. The van der Waals surface area contributed by atoms with Crippen LogP contribution in [0.4, 0.5) is 0 Å². The standard InChI is InChI=1S/C17H30N2O2/c1-2-3-4-5-6-12-17(20)21-16-11-8-7-10-15-18-13-9-14-19(15)16/h16H,2-14H2,1H3. The molecule has 0 spiro atoms. The lowest BCUT2D eigenvalue weighted by Gasteiger charge is -2.34. The number of carbonyl (C=O) groups is 1. The maximum absolute atomic E-state index is 12.0. The molecule has 0 amide bonds. The minimum Gasteiger partial charge on any atom is -0.442 e. The van der Waals surface area contributed by atoms with Crippen LogP contribution in [0.3, 0.4) is 0 Å². The van der Waals surface area contributed by atoms with Gasteiger partial charge in [-0.2, -0.15) is 0 Å². The summed E-state index contributed by atoms with van der Waals surface area (Å²) in [6.45, 7) is 4.13. The quantitative estimate of drug-likeness (QED) is 0.528. The summed E-state index contributed by atoms with van der Waals surface area (Å²) in [5, 5.41) is 0. The number of unbranched alkanes of at least 4 members (excludes halogenated alkanes) is 4. The van der Waals surface area contributed by atoms with Crippen molar-refractivity contribution in [3.8, 4) is 0 Å². The first-order valence-electron chi connectivity index (χ1n) is 8.80. The van der Waals surface area contributed by atoms with Gasteiger partial charge in [-0.25, -0.2) is 0 Å². The molecule has 2 rings (SSSR count). The SMILES string of the molecule is CCCCCCCC(=O)OC1CCCCC2=NCCCN21. The summed E-state index contributed by atoms with van der Waals surface area (Å²) in [6, 6.07) is 0. The number of hydrogen-bond acceptors (Lipinski definition) is 4. The van der Waals surface area contributed by atoms with Crippen molar-refractivity contribution in [2.45, 2.75) is 83.8 Å². The van der Waals surface area contributed by atoms with Crippen LogP contribution in [0.5, 0.6) is 0 Å². The topological polar surface area (TPSA) is 41.9 Å². The lowest BCUT2D eigenvalue weighted by Crippen LogP contribution is -2.44. The van der Waals surface area contributed by atoms with E-state index in [1.807, 2.05) is 0 Å². The van der Waals surface area contributed by atoms with E-state index in [1.54, 1.807) is 0 Å².